The molecular formula is C15H18N2O2. The van der Waals surface area contributed by atoms with E-state index in [1.165, 1.54) is 0 Å². The molecule has 1 aliphatic rings. The van der Waals surface area contributed by atoms with E-state index < -0.39 is 0 Å². The van der Waals surface area contributed by atoms with Crippen LogP contribution in [-0.4, -0.2) is 23.3 Å². The van der Waals surface area contributed by atoms with E-state index in [9.17, 15) is 4.79 Å². The van der Waals surface area contributed by atoms with E-state index in [1.54, 1.807) is 17.7 Å². The molecule has 2 aromatic rings. The van der Waals surface area contributed by atoms with Gasteiger partial charge in [0.25, 0.3) is 5.56 Å². The number of para-hydroxylation sites is 1. The smallest absolute Gasteiger partial charge is 0.252 e. The summed E-state index contributed by atoms with van der Waals surface area (Å²) in [5.74, 6) is 0. The molecule has 4 heteroatoms. The summed E-state index contributed by atoms with van der Waals surface area (Å²) in [6, 6.07) is 9.90. The molecule has 0 saturated carbocycles. The molecule has 1 aromatic carbocycles. The van der Waals surface area contributed by atoms with Crippen LogP contribution >= 0.6 is 0 Å². The van der Waals surface area contributed by atoms with Gasteiger partial charge >= 0.3 is 0 Å². The van der Waals surface area contributed by atoms with E-state index >= 15 is 0 Å². The standard InChI is InChI=1S/C15H18N2O2/c1-10-12(7-8-19-10)16-13-9-15(18)17(2)14-6-4-3-5-11(13)14/h3-6,9-10,12,16H,7-8H2,1-2H3. The normalized spacial score (nSPS) is 22.8. The number of nitrogens with zero attached hydrogens (tertiary/aromatic N) is 1. The Morgan fingerprint density at radius 2 is 2.16 bits per heavy atom. The van der Waals surface area contributed by atoms with Crippen molar-refractivity contribution in [2.45, 2.75) is 25.5 Å². The third-order valence-corrected chi connectivity index (χ3v) is 3.87. The minimum Gasteiger partial charge on any atom is -0.379 e. The highest BCUT2D eigenvalue weighted by Crippen LogP contribution is 2.24. The summed E-state index contributed by atoms with van der Waals surface area (Å²) in [4.78, 5) is 12.0. The first-order valence-corrected chi connectivity index (χ1v) is 6.64. The summed E-state index contributed by atoms with van der Waals surface area (Å²) in [5.41, 5.74) is 1.86. The van der Waals surface area contributed by atoms with Crippen LogP contribution in [0.4, 0.5) is 5.69 Å². The van der Waals surface area contributed by atoms with Crippen molar-refractivity contribution in [2.75, 3.05) is 11.9 Å². The van der Waals surface area contributed by atoms with Crippen LogP contribution in [-0.2, 0) is 11.8 Å². The minimum atomic E-state index is 0.00719. The van der Waals surface area contributed by atoms with Gasteiger partial charge in [-0.15, -0.1) is 0 Å². The van der Waals surface area contributed by atoms with Crippen molar-refractivity contribution in [3.05, 3.63) is 40.7 Å². The highest BCUT2D eigenvalue weighted by molar-refractivity contribution is 5.91. The Morgan fingerprint density at radius 3 is 2.89 bits per heavy atom. The van der Waals surface area contributed by atoms with Crippen LogP contribution in [0.25, 0.3) is 10.9 Å². The van der Waals surface area contributed by atoms with Gasteiger partial charge in [0.1, 0.15) is 0 Å². The molecule has 0 radical (unpaired) electrons. The number of ether oxygens (including phenoxy) is 1. The fourth-order valence-corrected chi connectivity index (χ4v) is 2.65. The second kappa shape index (κ2) is 4.70. The van der Waals surface area contributed by atoms with Gasteiger partial charge in [-0.2, -0.15) is 0 Å². The van der Waals surface area contributed by atoms with Crippen molar-refractivity contribution in [3.8, 4) is 0 Å². The molecule has 2 heterocycles. The number of anilines is 1. The molecule has 2 unspecified atom stereocenters. The van der Waals surface area contributed by atoms with Gasteiger partial charge in [-0.05, 0) is 19.4 Å². The monoisotopic (exact) mass is 258 g/mol. The number of aromatic nitrogens is 1. The summed E-state index contributed by atoms with van der Waals surface area (Å²) in [6.45, 7) is 2.84. The second-order valence-electron chi connectivity index (χ2n) is 5.09. The molecule has 1 aromatic heterocycles. The Bertz CT molecular complexity index is 663. The highest BCUT2D eigenvalue weighted by atomic mass is 16.5. The van der Waals surface area contributed by atoms with E-state index in [1.807, 2.05) is 24.3 Å². The van der Waals surface area contributed by atoms with Gasteiger partial charge in [-0.3, -0.25) is 4.79 Å². The average molecular weight is 258 g/mol. The third-order valence-electron chi connectivity index (χ3n) is 3.87. The zero-order valence-corrected chi connectivity index (χ0v) is 11.2. The first-order valence-electron chi connectivity index (χ1n) is 6.64. The molecule has 0 amide bonds. The fraction of sp³-hybridized carbons (Fsp3) is 0.400. The lowest BCUT2D eigenvalue weighted by Gasteiger charge is -2.19. The molecule has 1 aliphatic heterocycles. The van der Waals surface area contributed by atoms with Crippen molar-refractivity contribution in [3.63, 3.8) is 0 Å². The molecule has 1 fully saturated rings. The summed E-state index contributed by atoms with van der Waals surface area (Å²) >= 11 is 0. The first kappa shape index (κ1) is 12.2. The van der Waals surface area contributed by atoms with Crippen LogP contribution in [0.2, 0.25) is 0 Å². The minimum absolute atomic E-state index is 0.00719. The maximum Gasteiger partial charge on any atom is 0.252 e. The number of nitrogens with one attached hydrogen (secondary N) is 1. The molecule has 0 aliphatic carbocycles. The number of pyridine rings is 1. The van der Waals surface area contributed by atoms with Crippen LogP contribution in [0.1, 0.15) is 13.3 Å². The zero-order chi connectivity index (χ0) is 13.4. The third kappa shape index (κ3) is 2.12. The Kier molecular flexibility index (Phi) is 3.03. The highest BCUT2D eigenvalue weighted by Gasteiger charge is 2.24. The second-order valence-corrected chi connectivity index (χ2v) is 5.09. The van der Waals surface area contributed by atoms with Crippen LogP contribution in [0, 0.1) is 0 Å². The fourth-order valence-electron chi connectivity index (χ4n) is 2.65. The lowest BCUT2D eigenvalue weighted by Crippen LogP contribution is -2.28. The van der Waals surface area contributed by atoms with Gasteiger partial charge in [0.05, 0.1) is 17.7 Å². The lowest BCUT2D eigenvalue weighted by atomic mass is 10.1. The Balaban J connectivity index is 2.08. The van der Waals surface area contributed by atoms with Crippen molar-refractivity contribution >= 4 is 16.6 Å². The topological polar surface area (TPSA) is 43.3 Å². The lowest BCUT2D eigenvalue weighted by molar-refractivity contribution is 0.121. The van der Waals surface area contributed by atoms with Crippen LogP contribution in [0.3, 0.4) is 0 Å². The summed E-state index contributed by atoms with van der Waals surface area (Å²) < 4.78 is 7.23. The van der Waals surface area contributed by atoms with E-state index in [-0.39, 0.29) is 17.7 Å². The van der Waals surface area contributed by atoms with Crippen LogP contribution in [0.5, 0.6) is 0 Å². The van der Waals surface area contributed by atoms with Crippen LogP contribution < -0.4 is 10.9 Å². The quantitative estimate of drug-likeness (QED) is 0.897. The zero-order valence-electron chi connectivity index (χ0n) is 11.2. The van der Waals surface area contributed by atoms with E-state index in [2.05, 4.69) is 12.2 Å². The SMILES string of the molecule is CC1OCCC1Nc1cc(=O)n(C)c2ccccc12. The van der Waals surface area contributed by atoms with Crippen molar-refractivity contribution in [1.82, 2.24) is 4.57 Å². The predicted molar refractivity (Wildman–Crippen MR) is 76.6 cm³/mol. The summed E-state index contributed by atoms with van der Waals surface area (Å²) in [5, 5.41) is 4.54. The van der Waals surface area contributed by atoms with Gasteiger partial charge in [-0.1, -0.05) is 18.2 Å². The molecule has 2 atom stereocenters. The first-order chi connectivity index (χ1) is 9.16. The van der Waals surface area contributed by atoms with E-state index in [4.69, 9.17) is 4.74 Å². The van der Waals surface area contributed by atoms with Gasteiger partial charge in [0.2, 0.25) is 0 Å². The van der Waals surface area contributed by atoms with Crippen LogP contribution in [0.15, 0.2) is 35.1 Å². The maximum atomic E-state index is 12.0. The Hall–Kier alpha value is -1.81. The van der Waals surface area contributed by atoms with E-state index in [0.717, 1.165) is 29.6 Å². The van der Waals surface area contributed by atoms with Crippen molar-refractivity contribution in [1.29, 1.82) is 0 Å². The maximum absolute atomic E-state index is 12.0. The Morgan fingerprint density at radius 1 is 1.37 bits per heavy atom. The molecule has 4 nitrogen and oxygen atoms in total. The number of hydrogen-bond acceptors (Lipinski definition) is 3. The van der Waals surface area contributed by atoms with Crippen molar-refractivity contribution in [2.24, 2.45) is 7.05 Å². The number of fused-ring (bicyclic) bond motifs is 1. The molecule has 1 saturated heterocycles. The molecule has 0 spiro atoms. The molecule has 19 heavy (non-hydrogen) atoms. The summed E-state index contributed by atoms with van der Waals surface area (Å²) in [7, 11) is 1.80. The molecule has 3 rings (SSSR count). The van der Waals surface area contributed by atoms with E-state index in [0.29, 0.717) is 0 Å². The molecule has 100 valence electrons. The van der Waals surface area contributed by atoms with Gasteiger partial charge in [-0.25, -0.2) is 0 Å². The number of aryl methyl sites for hydroxylation is 1. The van der Waals surface area contributed by atoms with Gasteiger partial charge in [0, 0.05) is 30.8 Å². The van der Waals surface area contributed by atoms with Gasteiger partial charge in [0.15, 0.2) is 0 Å². The van der Waals surface area contributed by atoms with Crippen molar-refractivity contribution < 1.29 is 4.74 Å². The molecule has 1 N–H and O–H groups in total. The van der Waals surface area contributed by atoms with Gasteiger partial charge < -0.3 is 14.6 Å². The summed E-state index contributed by atoms with van der Waals surface area (Å²) in [6.07, 6.45) is 1.16. The number of rotatable bonds is 2. The molecular weight excluding hydrogens is 240 g/mol. The average Bonchev–Trinajstić information content (AvgIpc) is 2.81. The number of hydrogen-bond donors (Lipinski definition) is 1. The molecule has 0 bridgehead atoms. The predicted octanol–water partition coefficient (Wildman–Crippen LogP) is 2.13. The number of benzene rings is 1. The largest absolute Gasteiger partial charge is 0.379 e. The Labute approximate surface area is 112 Å².